The van der Waals surface area contributed by atoms with Crippen molar-refractivity contribution in [2.24, 2.45) is 5.92 Å². The Bertz CT molecular complexity index is 307. The molecule has 1 atom stereocenters. The van der Waals surface area contributed by atoms with E-state index in [4.69, 9.17) is 0 Å². The van der Waals surface area contributed by atoms with E-state index in [1.165, 1.54) is 18.4 Å². The monoisotopic (exact) mass is 220 g/mol. The van der Waals surface area contributed by atoms with Gasteiger partial charge in [-0.05, 0) is 44.2 Å². The zero-order valence-corrected chi connectivity index (χ0v) is 11.0. The maximum atomic E-state index is 4.29. The van der Waals surface area contributed by atoms with Crippen LogP contribution in [0.1, 0.15) is 44.9 Å². The molecular formula is C14H24N2. The fourth-order valence-electron chi connectivity index (χ4n) is 1.67. The predicted octanol–water partition coefficient (Wildman–Crippen LogP) is 3.30. The quantitative estimate of drug-likeness (QED) is 0.795. The first kappa shape index (κ1) is 13.2. The molecule has 0 saturated heterocycles. The molecule has 1 aromatic heterocycles. The van der Waals surface area contributed by atoms with Gasteiger partial charge in [0.1, 0.15) is 0 Å². The highest BCUT2D eigenvalue weighted by atomic mass is 14.9. The van der Waals surface area contributed by atoms with Crippen LogP contribution in [0.3, 0.4) is 0 Å². The van der Waals surface area contributed by atoms with E-state index < -0.39 is 0 Å². The van der Waals surface area contributed by atoms with Gasteiger partial charge in [0.05, 0.1) is 0 Å². The lowest BCUT2D eigenvalue weighted by Gasteiger charge is -2.15. The van der Waals surface area contributed by atoms with E-state index >= 15 is 0 Å². The highest BCUT2D eigenvalue weighted by molar-refractivity contribution is 5.17. The molecule has 90 valence electrons. The van der Waals surface area contributed by atoms with Crippen molar-refractivity contribution in [2.75, 3.05) is 0 Å². The average Bonchev–Trinajstić information content (AvgIpc) is 2.25. The zero-order valence-electron chi connectivity index (χ0n) is 11.0. The summed E-state index contributed by atoms with van der Waals surface area (Å²) >= 11 is 0. The van der Waals surface area contributed by atoms with E-state index in [1.807, 2.05) is 12.3 Å². The third-order valence-corrected chi connectivity index (χ3v) is 2.93. The summed E-state index contributed by atoms with van der Waals surface area (Å²) < 4.78 is 0. The van der Waals surface area contributed by atoms with Crippen LogP contribution in [-0.4, -0.2) is 11.0 Å². The summed E-state index contributed by atoms with van der Waals surface area (Å²) in [6.45, 7) is 9.80. The second-order valence-corrected chi connectivity index (χ2v) is 5.00. The van der Waals surface area contributed by atoms with Gasteiger partial charge in [-0.2, -0.15) is 0 Å². The molecule has 1 rings (SSSR count). The van der Waals surface area contributed by atoms with Crippen molar-refractivity contribution in [2.45, 2.75) is 53.1 Å². The summed E-state index contributed by atoms with van der Waals surface area (Å²) in [6.07, 6.45) is 4.39. The van der Waals surface area contributed by atoms with Crippen molar-refractivity contribution in [1.29, 1.82) is 0 Å². The highest BCUT2D eigenvalue weighted by Crippen LogP contribution is 2.08. The number of aromatic nitrogens is 1. The summed E-state index contributed by atoms with van der Waals surface area (Å²) in [5.74, 6) is 0.796. The van der Waals surface area contributed by atoms with E-state index in [0.29, 0.717) is 6.04 Å². The molecule has 0 aromatic carbocycles. The molecule has 0 aliphatic carbocycles. The van der Waals surface area contributed by atoms with Gasteiger partial charge in [0.2, 0.25) is 0 Å². The highest BCUT2D eigenvalue weighted by Gasteiger charge is 2.04. The van der Waals surface area contributed by atoms with E-state index in [1.54, 1.807) is 0 Å². The molecule has 1 unspecified atom stereocenters. The van der Waals surface area contributed by atoms with Gasteiger partial charge in [0, 0.05) is 24.5 Å². The summed E-state index contributed by atoms with van der Waals surface area (Å²) in [4.78, 5) is 4.29. The molecular weight excluding hydrogens is 196 g/mol. The number of nitrogens with one attached hydrogen (secondary N) is 1. The fraction of sp³-hybridized carbons (Fsp3) is 0.643. The molecule has 0 amide bonds. The normalized spacial score (nSPS) is 13.1. The summed E-state index contributed by atoms with van der Waals surface area (Å²) in [7, 11) is 0. The fourth-order valence-corrected chi connectivity index (χ4v) is 1.67. The Morgan fingerprint density at radius 2 is 2.00 bits per heavy atom. The molecule has 0 aliphatic rings. The minimum Gasteiger partial charge on any atom is -0.310 e. The second kappa shape index (κ2) is 6.64. The topological polar surface area (TPSA) is 24.9 Å². The Morgan fingerprint density at radius 3 is 2.62 bits per heavy atom. The van der Waals surface area contributed by atoms with Crippen molar-refractivity contribution in [3.8, 4) is 0 Å². The van der Waals surface area contributed by atoms with Crippen LogP contribution in [-0.2, 0) is 6.54 Å². The number of hydrogen-bond acceptors (Lipinski definition) is 2. The second-order valence-electron chi connectivity index (χ2n) is 5.00. The van der Waals surface area contributed by atoms with Crippen LogP contribution in [0.4, 0.5) is 0 Å². The molecule has 16 heavy (non-hydrogen) atoms. The maximum absolute atomic E-state index is 4.29. The third kappa shape index (κ3) is 4.75. The molecule has 0 radical (unpaired) electrons. The van der Waals surface area contributed by atoms with Gasteiger partial charge in [-0.15, -0.1) is 0 Å². The van der Waals surface area contributed by atoms with E-state index in [9.17, 15) is 0 Å². The smallest absolute Gasteiger partial charge is 0.0417 e. The Kier molecular flexibility index (Phi) is 5.47. The van der Waals surface area contributed by atoms with Crippen molar-refractivity contribution in [3.63, 3.8) is 0 Å². The number of nitrogens with zero attached hydrogens (tertiary/aromatic N) is 1. The van der Waals surface area contributed by atoms with Crippen molar-refractivity contribution in [3.05, 3.63) is 29.6 Å². The summed E-state index contributed by atoms with van der Waals surface area (Å²) in [6, 6.07) is 4.73. The van der Waals surface area contributed by atoms with Gasteiger partial charge in [0.25, 0.3) is 0 Å². The first-order chi connectivity index (χ1) is 7.59. The van der Waals surface area contributed by atoms with Crippen LogP contribution in [0.25, 0.3) is 0 Å². The molecule has 0 saturated carbocycles. The van der Waals surface area contributed by atoms with E-state index in [0.717, 1.165) is 18.2 Å². The van der Waals surface area contributed by atoms with Gasteiger partial charge in [-0.25, -0.2) is 0 Å². The lowest BCUT2D eigenvalue weighted by atomic mass is 10.0. The first-order valence-electron chi connectivity index (χ1n) is 6.23. The molecule has 1 aromatic rings. The van der Waals surface area contributed by atoms with E-state index in [2.05, 4.69) is 44.1 Å². The van der Waals surface area contributed by atoms with Crippen LogP contribution in [0, 0.1) is 12.8 Å². The predicted molar refractivity (Wildman–Crippen MR) is 69.3 cm³/mol. The van der Waals surface area contributed by atoms with Crippen LogP contribution < -0.4 is 5.32 Å². The summed E-state index contributed by atoms with van der Waals surface area (Å²) in [5.41, 5.74) is 2.44. The molecule has 2 nitrogen and oxygen atoms in total. The van der Waals surface area contributed by atoms with Gasteiger partial charge in [-0.3, -0.25) is 4.98 Å². The molecule has 0 bridgehead atoms. The standard InChI is InChI=1S/C14H24N2/c1-11(2)7-8-12(3)16-10-14-6-5-9-15-13(14)4/h5-6,9,11-12,16H,7-8,10H2,1-4H3. The van der Waals surface area contributed by atoms with Gasteiger partial charge in [-0.1, -0.05) is 19.9 Å². The molecule has 1 N–H and O–H groups in total. The molecule has 1 heterocycles. The Hall–Kier alpha value is -0.890. The van der Waals surface area contributed by atoms with Crippen LogP contribution in [0.5, 0.6) is 0 Å². The minimum absolute atomic E-state index is 0.585. The third-order valence-electron chi connectivity index (χ3n) is 2.93. The van der Waals surface area contributed by atoms with Gasteiger partial charge in [0.15, 0.2) is 0 Å². The van der Waals surface area contributed by atoms with Crippen molar-refractivity contribution >= 4 is 0 Å². The zero-order chi connectivity index (χ0) is 12.0. The lowest BCUT2D eigenvalue weighted by molar-refractivity contribution is 0.450. The Morgan fingerprint density at radius 1 is 1.25 bits per heavy atom. The average molecular weight is 220 g/mol. The van der Waals surface area contributed by atoms with Crippen molar-refractivity contribution < 1.29 is 0 Å². The lowest BCUT2D eigenvalue weighted by Crippen LogP contribution is -2.26. The van der Waals surface area contributed by atoms with E-state index in [-0.39, 0.29) is 0 Å². The summed E-state index contributed by atoms with van der Waals surface area (Å²) in [5, 5.41) is 3.56. The minimum atomic E-state index is 0.585. The number of pyridine rings is 1. The maximum Gasteiger partial charge on any atom is 0.0417 e. The first-order valence-corrected chi connectivity index (χ1v) is 6.23. The number of aryl methyl sites for hydroxylation is 1. The van der Waals surface area contributed by atoms with Crippen LogP contribution in [0.2, 0.25) is 0 Å². The van der Waals surface area contributed by atoms with Crippen LogP contribution >= 0.6 is 0 Å². The Labute approximate surface area is 99.5 Å². The molecule has 0 spiro atoms. The molecule has 2 heteroatoms. The van der Waals surface area contributed by atoms with Gasteiger partial charge < -0.3 is 5.32 Å². The van der Waals surface area contributed by atoms with Crippen molar-refractivity contribution in [1.82, 2.24) is 10.3 Å². The Balaban J connectivity index is 2.31. The number of hydrogen-bond donors (Lipinski definition) is 1. The number of rotatable bonds is 6. The van der Waals surface area contributed by atoms with Crippen LogP contribution in [0.15, 0.2) is 18.3 Å². The SMILES string of the molecule is Cc1ncccc1CNC(C)CCC(C)C. The van der Waals surface area contributed by atoms with Gasteiger partial charge >= 0.3 is 0 Å². The molecule has 0 fully saturated rings. The molecule has 0 aliphatic heterocycles. The largest absolute Gasteiger partial charge is 0.310 e.